The Morgan fingerprint density at radius 2 is 1.77 bits per heavy atom. The van der Waals surface area contributed by atoms with Gasteiger partial charge in [-0.05, 0) is 36.6 Å². The number of amides is 2. The largest absolute Gasteiger partial charge is 0.355 e. The van der Waals surface area contributed by atoms with Gasteiger partial charge in [-0.1, -0.05) is 53.6 Å². The monoisotopic (exact) mass is 370 g/mol. The molecule has 0 radical (unpaired) electrons. The quantitative estimate of drug-likeness (QED) is 0.847. The summed E-state index contributed by atoms with van der Waals surface area (Å²) in [6, 6.07) is 15.7. The summed E-state index contributed by atoms with van der Waals surface area (Å²) >= 11 is 5.87. The van der Waals surface area contributed by atoms with E-state index in [4.69, 9.17) is 11.6 Å². The summed E-state index contributed by atoms with van der Waals surface area (Å²) in [7, 11) is 0. The van der Waals surface area contributed by atoms with Crippen LogP contribution in [0.4, 0.5) is 0 Å². The molecule has 1 saturated heterocycles. The molecule has 2 aromatic rings. The maximum Gasteiger partial charge on any atom is 0.225 e. The first kappa shape index (κ1) is 18.5. The molecule has 0 spiro atoms. The first-order valence-electron chi connectivity index (χ1n) is 8.87. The minimum atomic E-state index is -0.266. The van der Waals surface area contributed by atoms with E-state index in [2.05, 4.69) is 5.32 Å². The molecule has 5 heteroatoms. The molecule has 2 amide bonds. The van der Waals surface area contributed by atoms with Gasteiger partial charge in [-0.15, -0.1) is 0 Å². The van der Waals surface area contributed by atoms with Gasteiger partial charge < -0.3 is 10.2 Å². The zero-order valence-corrected chi connectivity index (χ0v) is 15.6. The maximum absolute atomic E-state index is 12.4. The topological polar surface area (TPSA) is 49.4 Å². The Labute approximate surface area is 159 Å². The molecule has 1 aliphatic heterocycles. The number of hydrogen-bond donors (Lipinski definition) is 1. The molecular formula is C21H23ClN2O2. The second kappa shape index (κ2) is 8.37. The minimum Gasteiger partial charge on any atom is -0.355 e. The lowest BCUT2D eigenvalue weighted by Gasteiger charge is -2.17. The van der Waals surface area contributed by atoms with Crippen molar-refractivity contribution in [1.29, 1.82) is 0 Å². The van der Waals surface area contributed by atoms with Crippen molar-refractivity contribution in [3.05, 3.63) is 70.2 Å². The normalized spacial score (nSPS) is 16.8. The summed E-state index contributed by atoms with van der Waals surface area (Å²) in [5.74, 6) is -0.264. The average molecular weight is 371 g/mol. The fraction of sp³-hybridized carbons (Fsp3) is 0.333. The van der Waals surface area contributed by atoms with E-state index in [1.165, 1.54) is 5.56 Å². The molecule has 0 bridgehead atoms. The molecule has 4 nitrogen and oxygen atoms in total. The average Bonchev–Trinajstić information content (AvgIpc) is 2.99. The van der Waals surface area contributed by atoms with Gasteiger partial charge in [0.2, 0.25) is 11.8 Å². The van der Waals surface area contributed by atoms with Crippen molar-refractivity contribution in [2.24, 2.45) is 5.92 Å². The Kier molecular flexibility index (Phi) is 5.94. The van der Waals surface area contributed by atoms with Crippen molar-refractivity contribution in [2.45, 2.75) is 26.3 Å². The van der Waals surface area contributed by atoms with Gasteiger partial charge in [0.1, 0.15) is 0 Å². The fourth-order valence-electron chi connectivity index (χ4n) is 3.14. The molecule has 1 heterocycles. The molecular weight excluding hydrogens is 348 g/mol. The third kappa shape index (κ3) is 4.85. The van der Waals surface area contributed by atoms with Crippen LogP contribution in [0.25, 0.3) is 0 Å². The Morgan fingerprint density at radius 1 is 1.12 bits per heavy atom. The van der Waals surface area contributed by atoms with Gasteiger partial charge in [0.25, 0.3) is 0 Å². The number of benzene rings is 2. The summed E-state index contributed by atoms with van der Waals surface area (Å²) in [5, 5.41) is 3.65. The third-order valence-electron chi connectivity index (χ3n) is 4.71. The summed E-state index contributed by atoms with van der Waals surface area (Å²) in [5.41, 5.74) is 3.41. The van der Waals surface area contributed by atoms with E-state index in [-0.39, 0.29) is 17.7 Å². The van der Waals surface area contributed by atoms with Gasteiger partial charge in [-0.3, -0.25) is 9.59 Å². The number of likely N-dealkylation sites (tertiary alicyclic amines) is 1. The second-order valence-corrected chi connectivity index (χ2v) is 7.26. The molecule has 0 aromatic heterocycles. The second-order valence-electron chi connectivity index (χ2n) is 6.83. The number of aryl methyl sites for hydroxylation is 1. The number of carbonyl (C=O) groups excluding carboxylic acids is 2. The van der Waals surface area contributed by atoms with Crippen molar-refractivity contribution in [2.75, 3.05) is 13.1 Å². The van der Waals surface area contributed by atoms with Crippen LogP contribution in [0.2, 0.25) is 5.02 Å². The molecule has 136 valence electrons. The van der Waals surface area contributed by atoms with E-state index in [1.807, 2.05) is 55.5 Å². The number of nitrogens with zero attached hydrogens (tertiary/aromatic N) is 1. The van der Waals surface area contributed by atoms with Gasteiger partial charge in [-0.2, -0.15) is 0 Å². The first-order valence-corrected chi connectivity index (χ1v) is 9.24. The van der Waals surface area contributed by atoms with Crippen LogP contribution in [0.5, 0.6) is 0 Å². The van der Waals surface area contributed by atoms with Gasteiger partial charge in [0.05, 0.1) is 5.92 Å². The van der Waals surface area contributed by atoms with Crippen molar-refractivity contribution in [1.82, 2.24) is 10.2 Å². The predicted molar refractivity (Wildman–Crippen MR) is 103 cm³/mol. The molecule has 1 fully saturated rings. The van der Waals surface area contributed by atoms with E-state index in [0.29, 0.717) is 31.1 Å². The highest BCUT2D eigenvalue weighted by atomic mass is 35.5. The Hall–Kier alpha value is -2.33. The number of rotatable bonds is 6. The summed E-state index contributed by atoms with van der Waals surface area (Å²) < 4.78 is 0. The predicted octanol–water partition coefficient (Wildman–Crippen LogP) is 3.36. The Morgan fingerprint density at radius 3 is 2.46 bits per heavy atom. The number of nitrogens with one attached hydrogen (secondary N) is 1. The highest BCUT2D eigenvalue weighted by Gasteiger charge is 2.33. The van der Waals surface area contributed by atoms with Gasteiger partial charge in [0.15, 0.2) is 0 Å². The SMILES string of the molecule is Cc1ccc(CN2CC(C(=O)NCCc3ccc(Cl)cc3)CC2=O)cc1. The van der Waals surface area contributed by atoms with Crippen LogP contribution in [0.15, 0.2) is 48.5 Å². The molecule has 1 atom stereocenters. The minimum absolute atomic E-state index is 0.0429. The van der Waals surface area contributed by atoms with Crippen LogP contribution >= 0.6 is 11.6 Å². The van der Waals surface area contributed by atoms with E-state index in [9.17, 15) is 9.59 Å². The van der Waals surface area contributed by atoms with Gasteiger partial charge in [0, 0.05) is 31.1 Å². The summed E-state index contributed by atoms with van der Waals surface area (Å²) in [6.07, 6.45) is 1.04. The molecule has 3 rings (SSSR count). The van der Waals surface area contributed by atoms with Crippen molar-refractivity contribution in [3.63, 3.8) is 0 Å². The first-order chi connectivity index (χ1) is 12.5. The maximum atomic E-state index is 12.4. The van der Waals surface area contributed by atoms with Crippen molar-refractivity contribution < 1.29 is 9.59 Å². The standard InChI is InChI=1S/C21H23ClN2O2/c1-15-2-4-17(5-3-15)13-24-14-18(12-20(24)25)21(26)23-11-10-16-6-8-19(22)9-7-16/h2-9,18H,10-14H2,1H3,(H,23,26). The molecule has 1 aliphatic rings. The lowest BCUT2D eigenvalue weighted by Crippen LogP contribution is -2.34. The van der Waals surface area contributed by atoms with E-state index in [1.54, 1.807) is 4.90 Å². The fourth-order valence-corrected chi connectivity index (χ4v) is 3.27. The van der Waals surface area contributed by atoms with Crippen LogP contribution in [-0.4, -0.2) is 29.8 Å². The lowest BCUT2D eigenvalue weighted by atomic mass is 10.1. The van der Waals surface area contributed by atoms with E-state index < -0.39 is 0 Å². The van der Waals surface area contributed by atoms with Crippen LogP contribution in [0.3, 0.4) is 0 Å². The number of halogens is 1. The highest BCUT2D eigenvalue weighted by molar-refractivity contribution is 6.30. The summed E-state index contributed by atoms with van der Waals surface area (Å²) in [4.78, 5) is 26.4. The molecule has 0 aliphatic carbocycles. The van der Waals surface area contributed by atoms with Crippen molar-refractivity contribution in [3.8, 4) is 0 Å². The van der Waals surface area contributed by atoms with Crippen LogP contribution in [0, 0.1) is 12.8 Å². The molecule has 1 unspecified atom stereocenters. The van der Waals surface area contributed by atoms with Crippen LogP contribution < -0.4 is 5.32 Å². The Bertz CT molecular complexity index is 772. The number of carbonyl (C=O) groups is 2. The van der Waals surface area contributed by atoms with Gasteiger partial charge in [-0.25, -0.2) is 0 Å². The summed E-state index contributed by atoms with van der Waals surface area (Å²) in [6.45, 7) is 3.64. The molecule has 0 saturated carbocycles. The highest BCUT2D eigenvalue weighted by Crippen LogP contribution is 2.20. The smallest absolute Gasteiger partial charge is 0.225 e. The van der Waals surface area contributed by atoms with Crippen LogP contribution in [0.1, 0.15) is 23.1 Å². The Balaban J connectivity index is 1.47. The number of hydrogen-bond acceptors (Lipinski definition) is 2. The zero-order chi connectivity index (χ0) is 18.5. The van der Waals surface area contributed by atoms with Crippen LogP contribution in [-0.2, 0) is 22.6 Å². The third-order valence-corrected chi connectivity index (χ3v) is 4.96. The van der Waals surface area contributed by atoms with E-state index in [0.717, 1.165) is 17.5 Å². The van der Waals surface area contributed by atoms with E-state index >= 15 is 0 Å². The molecule has 1 N–H and O–H groups in total. The van der Waals surface area contributed by atoms with Gasteiger partial charge >= 0.3 is 0 Å². The molecule has 26 heavy (non-hydrogen) atoms. The molecule has 2 aromatic carbocycles. The zero-order valence-electron chi connectivity index (χ0n) is 14.9. The van der Waals surface area contributed by atoms with Crippen molar-refractivity contribution >= 4 is 23.4 Å². The lowest BCUT2D eigenvalue weighted by molar-refractivity contribution is -0.129.